The minimum atomic E-state index is 0.500. The molecule has 1 fully saturated rings. The van der Waals surface area contributed by atoms with Gasteiger partial charge in [-0.3, -0.25) is 4.39 Å². The van der Waals surface area contributed by atoms with Gasteiger partial charge in [-0.25, -0.2) is 0 Å². The largest absolute Gasteiger partial charge is 0.255 e. The summed E-state index contributed by atoms with van der Waals surface area (Å²) < 4.78 is 9.50. The lowest BCUT2D eigenvalue weighted by molar-refractivity contribution is 0.636. The molecule has 0 unspecified atom stereocenters. The topological polar surface area (TPSA) is 0 Å². The monoisotopic (exact) mass is 104 g/mol. The van der Waals surface area contributed by atoms with E-state index >= 15 is 0 Å². The zero-order valence-electron chi connectivity index (χ0n) is 4.91. The highest BCUT2D eigenvalue weighted by atomic mass is 19.1. The SMILES string of the molecule is C1CCCC1.CF. The van der Waals surface area contributed by atoms with Gasteiger partial charge in [0.15, 0.2) is 0 Å². The van der Waals surface area contributed by atoms with Crippen LogP contribution in [0.5, 0.6) is 0 Å². The summed E-state index contributed by atoms with van der Waals surface area (Å²) in [6.45, 7) is 0. The van der Waals surface area contributed by atoms with Gasteiger partial charge in [0, 0.05) is 0 Å². The van der Waals surface area contributed by atoms with Crippen LogP contribution in [0.1, 0.15) is 32.1 Å². The van der Waals surface area contributed by atoms with Crippen LogP contribution in [-0.2, 0) is 0 Å². The Morgan fingerprint density at radius 3 is 1.00 bits per heavy atom. The van der Waals surface area contributed by atoms with Crippen molar-refractivity contribution in [2.45, 2.75) is 32.1 Å². The van der Waals surface area contributed by atoms with E-state index in [1.807, 2.05) is 0 Å². The minimum Gasteiger partial charge on any atom is -0.255 e. The third-order valence-corrected chi connectivity index (χ3v) is 1.25. The van der Waals surface area contributed by atoms with Gasteiger partial charge in [0.05, 0.1) is 7.18 Å². The third-order valence-electron chi connectivity index (χ3n) is 1.25. The Morgan fingerprint density at radius 2 is 0.857 bits per heavy atom. The first kappa shape index (κ1) is 6.93. The van der Waals surface area contributed by atoms with Gasteiger partial charge in [-0.05, 0) is 0 Å². The van der Waals surface area contributed by atoms with Gasteiger partial charge in [-0.15, -0.1) is 0 Å². The average Bonchev–Trinajstić information content (AvgIpc) is 2.23. The third kappa shape index (κ3) is 3.77. The highest BCUT2D eigenvalue weighted by Crippen LogP contribution is 2.15. The molecule has 0 spiro atoms. The van der Waals surface area contributed by atoms with Crippen molar-refractivity contribution in [3.05, 3.63) is 0 Å². The van der Waals surface area contributed by atoms with Crippen LogP contribution in [0.4, 0.5) is 4.39 Å². The van der Waals surface area contributed by atoms with Crippen LogP contribution < -0.4 is 0 Å². The van der Waals surface area contributed by atoms with Crippen LogP contribution in [0.3, 0.4) is 0 Å². The summed E-state index contributed by atoms with van der Waals surface area (Å²) in [4.78, 5) is 0. The number of rotatable bonds is 0. The smallest absolute Gasteiger partial charge is 0.0785 e. The van der Waals surface area contributed by atoms with Crippen LogP contribution in [0.25, 0.3) is 0 Å². The van der Waals surface area contributed by atoms with Gasteiger partial charge >= 0.3 is 0 Å². The van der Waals surface area contributed by atoms with E-state index in [0.29, 0.717) is 7.18 Å². The molecular formula is C6H13F. The lowest BCUT2D eigenvalue weighted by atomic mass is 10.4. The van der Waals surface area contributed by atoms with Crippen LogP contribution >= 0.6 is 0 Å². The first-order valence-electron chi connectivity index (χ1n) is 2.88. The summed E-state index contributed by atoms with van der Waals surface area (Å²) in [5.41, 5.74) is 0. The van der Waals surface area contributed by atoms with Gasteiger partial charge < -0.3 is 0 Å². The standard InChI is InChI=1S/C5H10.CH3F/c1-2-4-5-3-1;1-2/h1-5H2;1H3. The predicted molar refractivity (Wildman–Crippen MR) is 30.1 cm³/mol. The summed E-state index contributed by atoms with van der Waals surface area (Å²) in [5.74, 6) is 0. The molecule has 1 aliphatic rings. The molecular weight excluding hydrogens is 91.1 g/mol. The summed E-state index contributed by atoms with van der Waals surface area (Å²) in [6, 6.07) is 0. The number of halogens is 1. The molecule has 1 rings (SSSR count). The minimum absolute atomic E-state index is 0.500. The first-order chi connectivity index (χ1) is 3.50. The molecule has 1 aliphatic carbocycles. The molecule has 1 heteroatoms. The second kappa shape index (κ2) is 5.93. The fourth-order valence-corrected chi connectivity index (χ4v) is 0.884. The van der Waals surface area contributed by atoms with Crippen LogP contribution in [0.2, 0.25) is 0 Å². The highest BCUT2D eigenvalue weighted by molar-refractivity contribution is 4.51. The molecule has 0 bridgehead atoms. The Morgan fingerprint density at radius 1 is 0.714 bits per heavy atom. The van der Waals surface area contributed by atoms with E-state index in [2.05, 4.69) is 0 Å². The Bertz CT molecular complexity index is 15.8. The van der Waals surface area contributed by atoms with Crippen molar-refractivity contribution in [2.24, 2.45) is 0 Å². The predicted octanol–water partition coefficient (Wildman–Crippen LogP) is 2.54. The molecule has 0 amide bonds. The maximum atomic E-state index is 9.50. The van der Waals surface area contributed by atoms with Crippen LogP contribution in [-0.4, -0.2) is 7.18 Å². The van der Waals surface area contributed by atoms with E-state index in [1.54, 1.807) is 0 Å². The molecule has 0 aromatic carbocycles. The summed E-state index contributed by atoms with van der Waals surface area (Å²) in [5, 5.41) is 0. The van der Waals surface area contributed by atoms with Gasteiger partial charge in [-0.2, -0.15) is 0 Å². The normalized spacial score (nSPS) is 18.0. The lowest BCUT2D eigenvalue weighted by Gasteiger charge is -1.67. The molecule has 0 heterocycles. The number of hydrogen-bond acceptors (Lipinski definition) is 0. The van der Waals surface area contributed by atoms with Gasteiger partial charge in [0.25, 0.3) is 0 Å². The molecule has 0 nitrogen and oxygen atoms in total. The van der Waals surface area contributed by atoms with E-state index < -0.39 is 0 Å². The van der Waals surface area contributed by atoms with Crippen molar-refractivity contribution in [1.29, 1.82) is 0 Å². The Hall–Kier alpha value is -0.0700. The van der Waals surface area contributed by atoms with Crippen molar-refractivity contribution in [1.82, 2.24) is 0 Å². The Kier molecular flexibility index (Phi) is 5.87. The van der Waals surface area contributed by atoms with Crippen molar-refractivity contribution >= 4 is 0 Å². The lowest BCUT2D eigenvalue weighted by Crippen LogP contribution is -1.47. The fraction of sp³-hybridized carbons (Fsp3) is 1.00. The average molecular weight is 104 g/mol. The van der Waals surface area contributed by atoms with E-state index in [-0.39, 0.29) is 0 Å². The Labute approximate surface area is 44.7 Å². The highest BCUT2D eigenvalue weighted by Gasteiger charge is 1.95. The van der Waals surface area contributed by atoms with E-state index in [1.165, 1.54) is 32.1 Å². The molecule has 7 heavy (non-hydrogen) atoms. The molecule has 0 radical (unpaired) electrons. The molecule has 0 saturated heterocycles. The maximum absolute atomic E-state index is 9.50. The molecule has 1 saturated carbocycles. The Balaban J connectivity index is 0.000000162. The zero-order valence-corrected chi connectivity index (χ0v) is 4.91. The molecule has 0 aliphatic heterocycles. The summed E-state index contributed by atoms with van der Waals surface area (Å²) in [6.07, 6.45) is 7.50. The van der Waals surface area contributed by atoms with E-state index in [9.17, 15) is 4.39 Å². The van der Waals surface area contributed by atoms with E-state index in [0.717, 1.165) is 0 Å². The van der Waals surface area contributed by atoms with Crippen molar-refractivity contribution < 1.29 is 4.39 Å². The number of hydrogen-bond donors (Lipinski definition) is 0. The first-order valence-corrected chi connectivity index (χ1v) is 2.88. The van der Waals surface area contributed by atoms with E-state index in [4.69, 9.17) is 0 Å². The molecule has 44 valence electrons. The second-order valence-corrected chi connectivity index (χ2v) is 1.77. The molecule has 0 N–H and O–H groups in total. The van der Waals surface area contributed by atoms with Gasteiger partial charge in [0.1, 0.15) is 0 Å². The zero-order chi connectivity index (χ0) is 5.54. The van der Waals surface area contributed by atoms with Crippen molar-refractivity contribution in [2.75, 3.05) is 7.18 Å². The number of alkyl halides is 1. The second-order valence-electron chi connectivity index (χ2n) is 1.77. The summed E-state index contributed by atoms with van der Waals surface area (Å²) in [7, 11) is 0.500. The van der Waals surface area contributed by atoms with Gasteiger partial charge in [-0.1, -0.05) is 32.1 Å². The van der Waals surface area contributed by atoms with Crippen molar-refractivity contribution in [3.8, 4) is 0 Å². The van der Waals surface area contributed by atoms with Crippen LogP contribution in [0, 0.1) is 0 Å². The molecule has 0 atom stereocenters. The molecule has 0 aromatic heterocycles. The fourth-order valence-electron chi connectivity index (χ4n) is 0.884. The summed E-state index contributed by atoms with van der Waals surface area (Å²) >= 11 is 0. The molecule has 0 aromatic rings. The van der Waals surface area contributed by atoms with Crippen LogP contribution in [0.15, 0.2) is 0 Å². The van der Waals surface area contributed by atoms with Crippen molar-refractivity contribution in [3.63, 3.8) is 0 Å². The van der Waals surface area contributed by atoms with Gasteiger partial charge in [0.2, 0.25) is 0 Å². The quantitative estimate of drug-likeness (QED) is 0.443. The maximum Gasteiger partial charge on any atom is 0.0785 e.